The molecule has 2 atom stereocenters. The van der Waals surface area contributed by atoms with Gasteiger partial charge in [-0.1, -0.05) is 26.0 Å². The Labute approximate surface area is 159 Å². The van der Waals surface area contributed by atoms with E-state index in [1.54, 1.807) is 7.11 Å². The van der Waals surface area contributed by atoms with Crippen molar-refractivity contribution in [2.45, 2.75) is 45.7 Å². The molecule has 0 spiro atoms. The zero-order valence-electron chi connectivity index (χ0n) is 16.2. The van der Waals surface area contributed by atoms with E-state index in [4.69, 9.17) is 9.84 Å². The number of benzene rings is 1. The number of aldehydes is 1. The van der Waals surface area contributed by atoms with Crippen molar-refractivity contribution in [3.8, 4) is 0 Å². The predicted molar refractivity (Wildman–Crippen MR) is 104 cm³/mol. The van der Waals surface area contributed by atoms with Crippen molar-refractivity contribution < 1.29 is 19.4 Å². The van der Waals surface area contributed by atoms with Gasteiger partial charge >= 0.3 is 6.09 Å². The van der Waals surface area contributed by atoms with E-state index in [0.29, 0.717) is 25.2 Å². The van der Waals surface area contributed by atoms with Gasteiger partial charge < -0.3 is 20.0 Å². The minimum Gasteiger partial charge on any atom is -0.465 e. The maximum absolute atomic E-state index is 11.2. The fourth-order valence-corrected chi connectivity index (χ4v) is 3.31. The van der Waals surface area contributed by atoms with Crippen molar-refractivity contribution in [1.82, 2.24) is 15.1 Å². The summed E-state index contributed by atoms with van der Waals surface area (Å²) in [6.07, 6.45) is 3.54. The molecule has 2 rings (SSSR count). The summed E-state index contributed by atoms with van der Waals surface area (Å²) in [7, 11) is 1.69. The highest BCUT2D eigenvalue weighted by Crippen LogP contribution is 2.24. The molecule has 0 unspecified atom stereocenters. The first-order chi connectivity index (χ1) is 12.9. The van der Waals surface area contributed by atoms with E-state index in [9.17, 15) is 9.59 Å². The zero-order chi connectivity index (χ0) is 19.8. The first-order valence-electron chi connectivity index (χ1n) is 9.32. The van der Waals surface area contributed by atoms with Crippen molar-refractivity contribution in [3.63, 3.8) is 0 Å². The summed E-state index contributed by atoms with van der Waals surface area (Å²) in [6.45, 7) is 5.69. The molecule has 0 bridgehead atoms. The first kappa shape index (κ1) is 20.9. The van der Waals surface area contributed by atoms with Crippen molar-refractivity contribution in [2.75, 3.05) is 13.7 Å². The van der Waals surface area contributed by atoms with Crippen LogP contribution in [0.1, 0.15) is 32.3 Å². The number of carbonyl (C=O) groups excluding carboxylic acids is 1. The second-order valence-corrected chi connectivity index (χ2v) is 7.24. The van der Waals surface area contributed by atoms with E-state index in [1.165, 1.54) is 0 Å². The number of hydrogen-bond acceptors (Lipinski definition) is 4. The van der Waals surface area contributed by atoms with Crippen molar-refractivity contribution in [1.29, 1.82) is 0 Å². The smallest absolute Gasteiger partial charge is 0.405 e. The van der Waals surface area contributed by atoms with Crippen molar-refractivity contribution in [2.24, 2.45) is 11.8 Å². The Morgan fingerprint density at radius 2 is 2.19 bits per heavy atom. The monoisotopic (exact) mass is 375 g/mol. The molecule has 0 aliphatic rings. The van der Waals surface area contributed by atoms with E-state index in [0.717, 1.165) is 35.9 Å². The number of carboxylic acid groups (broad SMARTS) is 1. The summed E-state index contributed by atoms with van der Waals surface area (Å²) in [4.78, 5) is 22.1. The lowest BCUT2D eigenvalue weighted by molar-refractivity contribution is -0.109. The van der Waals surface area contributed by atoms with Crippen LogP contribution < -0.4 is 5.32 Å². The molecule has 148 valence electrons. The van der Waals surface area contributed by atoms with Crippen LogP contribution in [0.2, 0.25) is 0 Å². The third-order valence-electron chi connectivity index (χ3n) is 4.90. The van der Waals surface area contributed by atoms with Crippen molar-refractivity contribution >= 4 is 23.3 Å². The molecule has 2 aromatic rings. The Morgan fingerprint density at radius 1 is 1.41 bits per heavy atom. The van der Waals surface area contributed by atoms with E-state index in [1.807, 2.05) is 10.9 Å². The summed E-state index contributed by atoms with van der Waals surface area (Å²) in [5.74, 6) is 0.514. The standard InChI is InChI=1S/C20H29N3O4/c1-14(2)17(11-18(13-24)22-20(25)26)9-15-5-6-16-12-21-23(19(16)10-15)7-4-8-27-3/h5-6,10,12-14,17-18,22H,4,7-9,11H2,1-3H3,(H,25,26)/t17-,18+/m1/s1. The molecule has 0 saturated carbocycles. The van der Waals surface area contributed by atoms with E-state index in [-0.39, 0.29) is 5.92 Å². The van der Waals surface area contributed by atoms with Gasteiger partial charge in [-0.15, -0.1) is 0 Å². The van der Waals surface area contributed by atoms with Crippen LogP contribution in [-0.4, -0.2) is 47.0 Å². The lowest BCUT2D eigenvalue weighted by Crippen LogP contribution is -2.37. The Balaban J connectivity index is 2.14. The summed E-state index contributed by atoms with van der Waals surface area (Å²) < 4.78 is 7.10. The lowest BCUT2D eigenvalue weighted by atomic mass is 9.84. The van der Waals surface area contributed by atoms with Gasteiger partial charge in [0.1, 0.15) is 6.29 Å². The Bertz CT molecular complexity index is 757. The number of amides is 1. The quantitative estimate of drug-likeness (QED) is 0.465. The van der Waals surface area contributed by atoms with Crippen LogP contribution in [-0.2, 0) is 22.5 Å². The SMILES string of the molecule is COCCCn1ncc2ccc(C[C@H](C[C@@H](C=O)NC(=O)O)C(C)C)cc21. The molecular weight excluding hydrogens is 346 g/mol. The molecule has 0 aliphatic carbocycles. The van der Waals surface area contributed by atoms with Gasteiger partial charge in [0.05, 0.1) is 17.8 Å². The Hall–Kier alpha value is -2.41. The second kappa shape index (κ2) is 10.1. The molecule has 1 heterocycles. The van der Waals surface area contributed by atoms with Crippen LogP contribution in [0.15, 0.2) is 24.4 Å². The molecule has 0 fully saturated rings. The molecule has 1 amide bonds. The second-order valence-electron chi connectivity index (χ2n) is 7.24. The minimum absolute atomic E-state index is 0.189. The number of methoxy groups -OCH3 is 1. The number of nitrogens with zero attached hydrogens (tertiary/aromatic N) is 2. The van der Waals surface area contributed by atoms with Gasteiger partial charge in [0.2, 0.25) is 0 Å². The van der Waals surface area contributed by atoms with Crippen LogP contribution >= 0.6 is 0 Å². The van der Waals surface area contributed by atoms with Crippen LogP contribution in [0.25, 0.3) is 10.9 Å². The maximum atomic E-state index is 11.2. The third-order valence-corrected chi connectivity index (χ3v) is 4.90. The highest BCUT2D eigenvalue weighted by atomic mass is 16.5. The van der Waals surface area contributed by atoms with E-state index in [2.05, 4.69) is 42.5 Å². The summed E-state index contributed by atoms with van der Waals surface area (Å²) >= 11 is 0. The van der Waals surface area contributed by atoms with Gasteiger partial charge in [0.15, 0.2) is 0 Å². The number of nitrogens with one attached hydrogen (secondary N) is 1. The van der Waals surface area contributed by atoms with Crippen LogP contribution in [0, 0.1) is 11.8 Å². The van der Waals surface area contributed by atoms with Gasteiger partial charge in [0, 0.05) is 25.6 Å². The van der Waals surface area contributed by atoms with Gasteiger partial charge in [0.25, 0.3) is 0 Å². The predicted octanol–water partition coefficient (Wildman–Crippen LogP) is 3.11. The average molecular weight is 375 g/mol. The van der Waals surface area contributed by atoms with Crippen molar-refractivity contribution in [3.05, 3.63) is 30.0 Å². The summed E-state index contributed by atoms with van der Waals surface area (Å²) in [6, 6.07) is 5.61. The summed E-state index contributed by atoms with van der Waals surface area (Å²) in [5.41, 5.74) is 2.25. The number of aromatic nitrogens is 2. The van der Waals surface area contributed by atoms with Crippen LogP contribution in [0.3, 0.4) is 0 Å². The molecule has 0 saturated heterocycles. The number of hydrogen-bond donors (Lipinski definition) is 2. The highest BCUT2D eigenvalue weighted by molar-refractivity contribution is 5.79. The number of aryl methyl sites for hydroxylation is 1. The molecule has 1 aromatic heterocycles. The minimum atomic E-state index is -1.17. The molecule has 1 aromatic carbocycles. The fourth-order valence-electron chi connectivity index (χ4n) is 3.31. The van der Waals surface area contributed by atoms with Gasteiger partial charge in [-0.3, -0.25) is 4.68 Å². The Morgan fingerprint density at radius 3 is 2.81 bits per heavy atom. The third kappa shape index (κ3) is 6.06. The first-order valence-corrected chi connectivity index (χ1v) is 9.32. The molecule has 7 nitrogen and oxygen atoms in total. The molecule has 0 radical (unpaired) electrons. The summed E-state index contributed by atoms with van der Waals surface area (Å²) in [5, 5.41) is 16.7. The normalized spacial score (nSPS) is 13.6. The van der Waals surface area contributed by atoms with Gasteiger partial charge in [-0.2, -0.15) is 5.10 Å². The number of fused-ring (bicyclic) bond motifs is 1. The maximum Gasteiger partial charge on any atom is 0.405 e. The molecule has 27 heavy (non-hydrogen) atoms. The fraction of sp³-hybridized carbons (Fsp3) is 0.550. The molecule has 0 aliphatic heterocycles. The van der Waals surface area contributed by atoms with E-state index < -0.39 is 12.1 Å². The Kier molecular flexibility index (Phi) is 7.79. The van der Waals surface area contributed by atoms with E-state index >= 15 is 0 Å². The van der Waals surface area contributed by atoms with Crippen LogP contribution in [0.5, 0.6) is 0 Å². The molecule has 7 heteroatoms. The number of ether oxygens (including phenoxy) is 1. The zero-order valence-corrected chi connectivity index (χ0v) is 16.2. The largest absolute Gasteiger partial charge is 0.465 e. The average Bonchev–Trinajstić information content (AvgIpc) is 3.02. The highest BCUT2D eigenvalue weighted by Gasteiger charge is 2.21. The van der Waals surface area contributed by atoms with Crippen LogP contribution in [0.4, 0.5) is 4.79 Å². The lowest BCUT2D eigenvalue weighted by Gasteiger charge is -2.24. The number of rotatable bonds is 11. The molecule has 2 N–H and O–H groups in total. The number of carbonyl (C=O) groups is 2. The van der Waals surface area contributed by atoms with Gasteiger partial charge in [-0.25, -0.2) is 4.79 Å². The molecular formula is C20H29N3O4. The topological polar surface area (TPSA) is 93.5 Å². The van der Waals surface area contributed by atoms with Gasteiger partial charge in [-0.05, 0) is 42.7 Å².